The summed E-state index contributed by atoms with van der Waals surface area (Å²) in [6, 6.07) is 10.00. The van der Waals surface area contributed by atoms with E-state index in [-0.39, 0.29) is 6.61 Å². The number of fused-ring (bicyclic) bond motifs is 1. The van der Waals surface area contributed by atoms with Gasteiger partial charge in [0.15, 0.2) is 5.65 Å². The summed E-state index contributed by atoms with van der Waals surface area (Å²) in [5.41, 5.74) is 1.82. The van der Waals surface area contributed by atoms with Crippen molar-refractivity contribution in [3.63, 3.8) is 0 Å². The monoisotopic (exact) mass is 309 g/mol. The average molecular weight is 309 g/mol. The van der Waals surface area contributed by atoms with E-state index in [0.717, 1.165) is 48.5 Å². The van der Waals surface area contributed by atoms with Gasteiger partial charge in [-0.1, -0.05) is 18.2 Å². The molecule has 0 unspecified atom stereocenters. The number of aliphatic hydroxyl groups is 1. The van der Waals surface area contributed by atoms with Crippen LogP contribution < -0.4 is 4.90 Å². The second-order valence-corrected chi connectivity index (χ2v) is 5.94. The Morgan fingerprint density at radius 1 is 1.09 bits per heavy atom. The molecule has 6 heteroatoms. The van der Waals surface area contributed by atoms with E-state index < -0.39 is 0 Å². The number of piperidine rings is 1. The lowest BCUT2D eigenvalue weighted by atomic mass is 9.98. The molecule has 1 aromatic carbocycles. The van der Waals surface area contributed by atoms with Gasteiger partial charge in [0.05, 0.1) is 17.3 Å². The summed E-state index contributed by atoms with van der Waals surface area (Å²) in [5, 5.41) is 14.8. The van der Waals surface area contributed by atoms with E-state index in [0.29, 0.717) is 5.92 Å². The second kappa shape index (κ2) is 5.96. The minimum absolute atomic E-state index is 0.277. The molecular weight excluding hydrogens is 290 g/mol. The van der Waals surface area contributed by atoms with E-state index in [4.69, 9.17) is 0 Å². The Balaban J connectivity index is 1.71. The lowest BCUT2D eigenvalue weighted by molar-refractivity contribution is 0.203. The van der Waals surface area contributed by atoms with Gasteiger partial charge >= 0.3 is 0 Å². The number of anilines is 1. The van der Waals surface area contributed by atoms with Crippen molar-refractivity contribution in [2.24, 2.45) is 5.92 Å². The van der Waals surface area contributed by atoms with Crippen molar-refractivity contribution < 1.29 is 5.11 Å². The predicted octanol–water partition coefficient (Wildman–Crippen LogP) is 2.02. The first-order chi connectivity index (χ1) is 11.4. The summed E-state index contributed by atoms with van der Waals surface area (Å²) in [6.45, 7) is 2.10. The van der Waals surface area contributed by atoms with Crippen LogP contribution in [0.2, 0.25) is 0 Å². The Morgan fingerprint density at radius 3 is 2.61 bits per heavy atom. The van der Waals surface area contributed by atoms with E-state index in [2.05, 4.69) is 20.0 Å². The van der Waals surface area contributed by atoms with Crippen molar-refractivity contribution in [2.75, 3.05) is 24.6 Å². The highest BCUT2D eigenvalue weighted by Gasteiger charge is 2.22. The van der Waals surface area contributed by atoms with Crippen molar-refractivity contribution in [1.82, 2.24) is 19.7 Å². The number of aliphatic hydroxyl groups excluding tert-OH is 1. The molecule has 0 amide bonds. The van der Waals surface area contributed by atoms with Crippen LogP contribution in [0.3, 0.4) is 0 Å². The third-order valence-corrected chi connectivity index (χ3v) is 4.52. The molecule has 3 aromatic rings. The van der Waals surface area contributed by atoms with Crippen LogP contribution in [-0.4, -0.2) is 44.6 Å². The largest absolute Gasteiger partial charge is 0.396 e. The Hall–Kier alpha value is -2.47. The summed E-state index contributed by atoms with van der Waals surface area (Å²) in [5.74, 6) is 1.35. The van der Waals surface area contributed by atoms with Crippen molar-refractivity contribution in [3.8, 4) is 5.69 Å². The smallest absolute Gasteiger partial charge is 0.168 e. The van der Waals surface area contributed by atoms with Gasteiger partial charge in [-0.3, -0.25) is 0 Å². The molecule has 2 aromatic heterocycles. The van der Waals surface area contributed by atoms with Crippen molar-refractivity contribution in [2.45, 2.75) is 12.8 Å². The maximum atomic E-state index is 9.29. The van der Waals surface area contributed by atoms with E-state index in [1.165, 1.54) is 0 Å². The van der Waals surface area contributed by atoms with Crippen LogP contribution in [0.5, 0.6) is 0 Å². The van der Waals surface area contributed by atoms with E-state index >= 15 is 0 Å². The van der Waals surface area contributed by atoms with Crippen molar-refractivity contribution >= 4 is 16.9 Å². The van der Waals surface area contributed by atoms with Crippen LogP contribution in [0, 0.1) is 5.92 Å². The van der Waals surface area contributed by atoms with Crippen LogP contribution in [0.4, 0.5) is 5.82 Å². The Kier molecular flexibility index (Phi) is 3.67. The topological polar surface area (TPSA) is 67.1 Å². The molecule has 1 fully saturated rings. The van der Waals surface area contributed by atoms with E-state index in [1.54, 1.807) is 6.33 Å². The third-order valence-electron chi connectivity index (χ3n) is 4.52. The fourth-order valence-corrected chi connectivity index (χ4v) is 3.17. The molecule has 118 valence electrons. The molecule has 0 aliphatic carbocycles. The van der Waals surface area contributed by atoms with Gasteiger partial charge in [0.2, 0.25) is 0 Å². The fraction of sp³-hybridized carbons (Fsp3) is 0.353. The molecule has 0 spiro atoms. The second-order valence-electron chi connectivity index (χ2n) is 5.94. The Labute approximate surface area is 134 Å². The summed E-state index contributed by atoms with van der Waals surface area (Å²) < 4.78 is 1.85. The zero-order valence-corrected chi connectivity index (χ0v) is 12.8. The van der Waals surface area contributed by atoms with Crippen molar-refractivity contribution in [1.29, 1.82) is 0 Å². The molecule has 1 saturated heterocycles. The molecule has 1 N–H and O–H groups in total. The van der Waals surface area contributed by atoms with Gasteiger partial charge in [0, 0.05) is 19.7 Å². The third kappa shape index (κ3) is 2.55. The molecule has 0 radical (unpaired) electrons. The first-order valence-corrected chi connectivity index (χ1v) is 7.97. The van der Waals surface area contributed by atoms with Gasteiger partial charge in [-0.2, -0.15) is 5.10 Å². The molecule has 1 aliphatic rings. The van der Waals surface area contributed by atoms with Crippen molar-refractivity contribution in [3.05, 3.63) is 42.9 Å². The van der Waals surface area contributed by atoms with Gasteiger partial charge in [-0.15, -0.1) is 0 Å². The highest BCUT2D eigenvalue weighted by Crippen LogP contribution is 2.28. The first-order valence-electron chi connectivity index (χ1n) is 7.97. The highest BCUT2D eigenvalue weighted by atomic mass is 16.3. The number of rotatable bonds is 3. The average Bonchev–Trinajstić information content (AvgIpc) is 3.07. The Morgan fingerprint density at radius 2 is 1.87 bits per heavy atom. The lowest BCUT2D eigenvalue weighted by Crippen LogP contribution is -2.35. The van der Waals surface area contributed by atoms with Gasteiger partial charge in [-0.25, -0.2) is 14.6 Å². The van der Waals surface area contributed by atoms with Gasteiger partial charge in [0.1, 0.15) is 12.1 Å². The summed E-state index contributed by atoms with van der Waals surface area (Å²) in [7, 11) is 0. The number of nitrogens with zero attached hydrogens (tertiary/aromatic N) is 5. The summed E-state index contributed by atoms with van der Waals surface area (Å²) >= 11 is 0. The molecule has 0 atom stereocenters. The molecule has 6 nitrogen and oxygen atoms in total. The predicted molar refractivity (Wildman–Crippen MR) is 88.7 cm³/mol. The fourth-order valence-electron chi connectivity index (χ4n) is 3.17. The minimum Gasteiger partial charge on any atom is -0.396 e. The van der Waals surface area contributed by atoms with E-state index in [9.17, 15) is 5.11 Å². The van der Waals surface area contributed by atoms with Gasteiger partial charge in [0.25, 0.3) is 0 Å². The summed E-state index contributed by atoms with van der Waals surface area (Å²) in [4.78, 5) is 11.2. The maximum absolute atomic E-state index is 9.29. The molecule has 0 bridgehead atoms. The molecule has 3 heterocycles. The maximum Gasteiger partial charge on any atom is 0.168 e. The van der Waals surface area contributed by atoms with Gasteiger partial charge < -0.3 is 10.0 Å². The quantitative estimate of drug-likeness (QED) is 0.802. The van der Waals surface area contributed by atoms with Crippen LogP contribution in [0.1, 0.15) is 12.8 Å². The van der Waals surface area contributed by atoms with Crippen LogP contribution in [-0.2, 0) is 0 Å². The number of hydrogen-bond acceptors (Lipinski definition) is 5. The van der Waals surface area contributed by atoms with Crippen LogP contribution in [0.25, 0.3) is 16.7 Å². The zero-order valence-electron chi connectivity index (χ0n) is 12.8. The lowest BCUT2D eigenvalue weighted by Gasteiger charge is -2.32. The number of para-hydroxylation sites is 1. The van der Waals surface area contributed by atoms with E-state index in [1.807, 2.05) is 41.2 Å². The number of hydrogen-bond donors (Lipinski definition) is 1. The number of benzene rings is 1. The van der Waals surface area contributed by atoms with Gasteiger partial charge in [-0.05, 0) is 30.9 Å². The zero-order chi connectivity index (χ0) is 15.6. The molecule has 4 rings (SSSR count). The normalized spacial score (nSPS) is 16.1. The first kappa shape index (κ1) is 14.1. The Bertz CT molecular complexity index is 793. The molecular formula is C17H19N5O. The highest BCUT2D eigenvalue weighted by molar-refractivity contribution is 5.87. The standard InChI is InChI=1S/C17H19N5O/c23-11-13-6-8-21(9-7-13)16-15-10-20-22(17(15)19-12-18-16)14-4-2-1-3-5-14/h1-5,10,12-13,23H,6-9,11H2. The molecule has 23 heavy (non-hydrogen) atoms. The number of aromatic nitrogens is 4. The minimum atomic E-state index is 0.277. The van der Waals surface area contributed by atoms with Crippen LogP contribution in [0.15, 0.2) is 42.9 Å². The molecule has 1 aliphatic heterocycles. The van der Waals surface area contributed by atoms with Crippen LogP contribution >= 0.6 is 0 Å². The summed E-state index contributed by atoms with van der Waals surface area (Å²) in [6.07, 6.45) is 5.44. The SMILES string of the molecule is OCC1CCN(c2ncnc3c2cnn3-c2ccccc2)CC1. The molecule has 0 saturated carbocycles.